The molecule has 122 valence electrons. The molecule has 2 heterocycles. The maximum Gasteiger partial charge on any atom is 0.270 e. The Morgan fingerprint density at radius 3 is 2.78 bits per heavy atom. The van der Waals surface area contributed by atoms with Crippen LogP contribution in [0.4, 0.5) is 15.9 Å². The SMILES string of the molecule is O=[N+]([O-])c1ccc2nc(N3CCNCC3)c(CCC[18F])cc2c1. The van der Waals surface area contributed by atoms with Crippen LogP contribution in [0, 0.1) is 10.1 Å². The summed E-state index contributed by atoms with van der Waals surface area (Å²) >= 11 is 0. The molecule has 1 aliphatic rings. The highest BCUT2D eigenvalue weighted by Gasteiger charge is 2.17. The lowest BCUT2D eigenvalue weighted by Gasteiger charge is -2.30. The summed E-state index contributed by atoms with van der Waals surface area (Å²) in [7, 11) is 0. The fourth-order valence-electron chi connectivity index (χ4n) is 2.90. The van der Waals surface area contributed by atoms with Crippen LogP contribution < -0.4 is 10.2 Å². The van der Waals surface area contributed by atoms with E-state index < -0.39 is 4.92 Å². The fraction of sp³-hybridized carbons (Fsp3) is 0.438. The number of piperazine rings is 1. The average Bonchev–Trinajstić information content (AvgIpc) is 2.59. The maximum absolute atomic E-state index is 12.6. The van der Waals surface area contributed by atoms with Gasteiger partial charge in [0.05, 0.1) is 17.1 Å². The molecule has 1 saturated heterocycles. The minimum absolute atomic E-state index is 0.0469. The van der Waals surface area contributed by atoms with Crippen molar-refractivity contribution in [2.75, 3.05) is 37.8 Å². The van der Waals surface area contributed by atoms with Gasteiger partial charge in [-0.3, -0.25) is 14.5 Å². The van der Waals surface area contributed by atoms with E-state index in [0.29, 0.717) is 12.8 Å². The topological polar surface area (TPSA) is 71.3 Å². The third kappa shape index (κ3) is 3.39. The molecule has 0 aliphatic carbocycles. The number of hydrogen-bond donors (Lipinski definition) is 1. The van der Waals surface area contributed by atoms with Gasteiger partial charge in [0.25, 0.3) is 5.69 Å². The quantitative estimate of drug-likeness (QED) is 0.677. The number of alkyl halides is 1. The summed E-state index contributed by atoms with van der Waals surface area (Å²) in [5, 5.41) is 15.0. The molecule has 0 bridgehead atoms. The van der Waals surface area contributed by atoms with E-state index in [-0.39, 0.29) is 12.4 Å². The molecule has 6 nitrogen and oxygen atoms in total. The number of hydrogen-bond acceptors (Lipinski definition) is 5. The zero-order valence-electron chi connectivity index (χ0n) is 12.8. The lowest BCUT2D eigenvalue weighted by Crippen LogP contribution is -2.44. The van der Waals surface area contributed by atoms with Crippen LogP contribution in [0.2, 0.25) is 0 Å². The Labute approximate surface area is 133 Å². The molecule has 1 aromatic carbocycles. The molecule has 1 aliphatic heterocycles. The second kappa shape index (κ2) is 6.87. The number of halogens is 1. The number of nitro benzene ring substituents is 1. The number of nitrogens with zero attached hydrogens (tertiary/aromatic N) is 3. The molecule has 23 heavy (non-hydrogen) atoms. The zero-order valence-corrected chi connectivity index (χ0v) is 12.8. The van der Waals surface area contributed by atoms with E-state index in [4.69, 9.17) is 4.98 Å². The molecule has 1 fully saturated rings. The van der Waals surface area contributed by atoms with Crippen molar-refractivity contribution in [2.45, 2.75) is 12.8 Å². The molecular formula is C16H19FN4O2. The molecule has 1 N–H and O–H groups in total. The molecule has 0 radical (unpaired) electrons. The predicted octanol–water partition coefficient (Wildman–Crippen LogP) is 2.45. The van der Waals surface area contributed by atoms with Gasteiger partial charge in [0.1, 0.15) is 5.82 Å². The van der Waals surface area contributed by atoms with Gasteiger partial charge in [0.15, 0.2) is 0 Å². The summed E-state index contributed by atoms with van der Waals surface area (Å²) in [6.45, 7) is 3.11. The number of nitrogens with one attached hydrogen (secondary N) is 1. The standard InChI is InChI=1S/C16H19FN4O2/c17-5-1-2-12-10-13-11-14(21(22)23)3-4-15(13)19-16(12)20-8-6-18-7-9-20/h3-4,10-11,18H,1-2,5-9H2/i17-1. The van der Waals surface area contributed by atoms with Crippen molar-refractivity contribution in [3.8, 4) is 0 Å². The summed E-state index contributed by atoms with van der Waals surface area (Å²) in [5.41, 5.74) is 1.73. The third-order valence-electron chi connectivity index (χ3n) is 4.06. The highest BCUT2D eigenvalue weighted by Crippen LogP contribution is 2.27. The van der Waals surface area contributed by atoms with Crippen molar-refractivity contribution in [3.63, 3.8) is 0 Å². The number of aryl methyl sites for hydroxylation is 1. The van der Waals surface area contributed by atoms with Crippen LogP contribution in [0.3, 0.4) is 0 Å². The first-order chi connectivity index (χ1) is 11.2. The summed E-state index contributed by atoms with van der Waals surface area (Å²) in [6, 6.07) is 6.60. The number of anilines is 1. The Morgan fingerprint density at radius 1 is 1.30 bits per heavy atom. The van der Waals surface area contributed by atoms with Crippen LogP contribution in [0.5, 0.6) is 0 Å². The number of non-ortho nitro benzene ring substituents is 1. The van der Waals surface area contributed by atoms with Gasteiger partial charge in [-0.1, -0.05) is 0 Å². The minimum atomic E-state index is -0.412. The number of aromatic nitrogens is 1. The van der Waals surface area contributed by atoms with Crippen LogP contribution in [0.15, 0.2) is 24.3 Å². The van der Waals surface area contributed by atoms with Gasteiger partial charge < -0.3 is 10.2 Å². The molecule has 1 aromatic heterocycles. The first kappa shape index (κ1) is 15.6. The second-order valence-electron chi connectivity index (χ2n) is 5.63. The Hall–Kier alpha value is -2.28. The van der Waals surface area contributed by atoms with Crippen LogP contribution in [0.1, 0.15) is 12.0 Å². The monoisotopic (exact) mass is 317 g/mol. The van der Waals surface area contributed by atoms with Crippen molar-refractivity contribution in [1.29, 1.82) is 0 Å². The third-order valence-corrected chi connectivity index (χ3v) is 4.06. The van der Waals surface area contributed by atoms with E-state index in [2.05, 4.69) is 10.2 Å². The van der Waals surface area contributed by atoms with Crippen molar-refractivity contribution >= 4 is 22.4 Å². The molecular weight excluding hydrogens is 298 g/mol. The van der Waals surface area contributed by atoms with E-state index in [1.165, 1.54) is 12.1 Å². The van der Waals surface area contributed by atoms with Gasteiger partial charge in [-0.05, 0) is 30.5 Å². The first-order valence-electron chi connectivity index (χ1n) is 7.79. The van der Waals surface area contributed by atoms with E-state index in [1.54, 1.807) is 6.07 Å². The molecule has 0 atom stereocenters. The van der Waals surface area contributed by atoms with E-state index in [1.807, 2.05) is 6.07 Å². The Morgan fingerprint density at radius 2 is 2.09 bits per heavy atom. The fourth-order valence-corrected chi connectivity index (χ4v) is 2.90. The van der Waals surface area contributed by atoms with Crippen LogP contribution in [-0.2, 0) is 6.42 Å². The highest BCUT2D eigenvalue weighted by atomic mass is 18.2. The largest absolute Gasteiger partial charge is 0.354 e. The lowest BCUT2D eigenvalue weighted by atomic mass is 10.1. The molecule has 3 rings (SSSR count). The van der Waals surface area contributed by atoms with Gasteiger partial charge in [0.2, 0.25) is 0 Å². The van der Waals surface area contributed by atoms with E-state index in [9.17, 15) is 14.5 Å². The van der Waals surface area contributed by atoms with Gasteiger partial charge in [-0.2, -0.15) is 0 Å². The smallest absolute Gasteiger partial charge is 0.270 e. The average molecular weight is 317 g/mol. The Kier molecular flexibility index (Phi) is 4.66. The highest BCUT2D eigenvalue weighted by molar-refractivity contribution is 5.84. The number of rotatable bonds is 5. The van der Waals surface area contributed by atoms with E-state index >= 15 is 0 Å². The summed E-state index contributed by atoms with van der Waals surface area (Å²) in [4.78, 5) is 17.4. The van der Waals surface area contributed by atoms with Gasteiger partial charge in [-0.15, -0.1) is 0 Å². The molecule has 0 saturated carbocycles. The maximum atomic E-state index is 12.6. The number of nitro groups is 1. The van der Waals surface area contributed by atoms with E-state index in [0.717, 1.165) is 48.5 Å². The zero-order chi connectivity index (χ0) is 16.2. The lowest BCUT2D eigenvalue weighted by molar-refractivity contribution is -0.384. The summed E-state index contributed by atoms with van der Waals surface area (Å²) in [5.74, 6) is 0.876. The molecule has 7 heteroatoms. The minimum Gasteiger partial charge on any atom is -0.354 e. The molecule has 2 aromatic rings. The van der Waals surface area contributed by atoms with Crippen LogP contribution in [0.25, 0.3) is 10.9 Å². The number of fused-ring (bicyclic) bond motifs is 1. The summed E-state index contributed by atoms with van der Waals surface area (Å²) in [6.07, 6.45) is 1.02. The molecule has 0 unspecified atom stereocenters. The molecule has 0 amide bonds. The van der Waals surface area contributed by atoms with Gasteiger partial charge in [0, 0.05) is 43.7 Å². The first-order valence-corrected chi connectivity index (χ1v) is 7.79. The van der Waals surface area contributed by atoms with Gasteiger partial charge in [-0.25, -0.2) is 4.98 Å². The second-order valence-corrected chi connectivity index (χ2v) is 5.63. The van der Waals surface area contributed by atoms with Crippen LogP contribution >= 0.6 is 0 Å². The van der Waals surface area contributed by atoms with Crippen molar-refractivity contribution < 1.29 is 9.31 Å². The van der Waals surface area contributed by atoms with Crippen molar-refractivity contribution in [2.24, 2.45) is 0 Å². The van der Waals surface area contributed by atoms with Crippen molar-refractivity contribution in [1.82, 2.24) is 10.3 Å². The van der Waals surface area contributed by atoms with Gasteiger partial charge >= 0.3 is 0 Å². The number of pyridine rings is 1. The normalized spacial score (nSPS) is 15.1. The Balaban J connectivity index is 2.05. The summed E-state index contributed by atoms with van der Waals surface area (Å²) < 4.78 is 12.6. The molecule has 0 spiro atoms. The predicted molar refractivity (Wildman–Crippen MR) is 87.8 cm³/mol. The number of benzene rings is 1. The Bertz CT molecular complexity index is 717. The van der Waals surface area contributed by atoms with Crippen molar-refractivity contribution in [3.05, 3.63) is 39.9 Å². The van der Waals surface area contributed by atoms with Crippen LogP contribution in [-0.4, -0.2) is 42.8 Å².